The molecule has 6 nitrogen and oxygen atoms in total. The Labute approximate surface area is 236 Å². The number of aromatic nitrogens is 4. The molecule has 198 valence electrons. The molecular formula is C30H21F2N5OS2. The summed E-state index contributed by atoms with van der Waals surface area (Å²) in [6.45, 7) is 2.06. The monoisotopic (exact) mass is 569 g/mol. The molecule has 0 spiro atoms. The second-order valence-corrected chi connectivity index (χ2v) is 11.0. The average Bonchev–Trinajstić information content (AvgIpc) is 3.57. The van der Waals surface area contributed by atoms with Crippen LogP contribution < -0.4 is 5.32 Å². The lowest BCUT2D eigenvalue weighted by Gasteiger charge is -2.11. The van der Waals surface area contributed by atoms with Crippen LogP contribution in [-0.4, -0.2) is 31.4 Å². The van der Waals surface area contributed by atoms with Crippen LogP contribution in [0.2, 0.25) is 0 Å². The predicted octanol–water partition coefficient (Wildman–Crippen LogP) is 7.53. The molecule has 0 radical (unpaired) electrons. The number of nitrogens with one attached hydrogen (secondary N) is 1. The van der Waals surface area contributed by atoms with E-state index in [2.05, 4.69) is 28.5 Å². The summed E-state index contributed by atoms with van der Waals surface area (Å²) in [5.74, 6) is -1.31. The number of carbonyl (C=O) groups is 1. The van der Waals surface area contributed by atoms with Gasteiger partial charge in [-0.05, 0) is 61.0 Å². The lowest BCUT2D eigenvalue weighted by Crippen LogP contribution is -2.14. The van der Waals surface area contributed by atoms with Crippen LogP contribution in [0.1, 0.15) is 5.56 Å². The number of anilines is 1. The maximum absolute atomic E-state index is 14.8. The molecule has 2 heterocycles. The quantitative estimate of drug-likeness (QED) is 0.201. The molecule has 6 aromatic rings. The fourth-order valence-corrected chi connectivity index (χ4v) is 6.01. The van der Waals surface area contributed by atoms with Gasteiger partial charge in [0.2, 0.25) is 5.91 Å². The van der Waals surface area contributed by atoms with Gasteiger partial charge in [-0.15, -0.1) is 21.5 Å². The molecule has 0 saturated carbocycles. The summed E-state index contributed by atoms with van der Waals surface area (Å²) in [7, 11) is 0. The molecule has 0 aliphatic heterocycles. The minimum atomic E-state index is -0.758. The number of fused-ring (bicyclic) bond motifs is 1. The maximum atomic E-state index is 14.8. The van der Waals surface area contributed by atoms with E-state index in [0.29, 0.717) is 22.2 Å². The van der Waals surface area contributed by atoms with Crippen LogP contribution in [-0.2, 0) is 4.79 Å². The van der Waals surface area contributed by atoms with Gasteiger partial charge in [0.1, 0.15) is 16.6 Å². The Bertz CT molecular complexity index is 1840. The number of benzene rings is 4. The molecule has 2 aromatic heterocycles. The zero-order valence-corrected chi connectivity index (χ0v) is 22.8. The number of carbonyl (C=O) groups excluding carboxylic acids is 1. The van der Waals surface area contributed by atoms with Crippen molar-refractivity contribution in [3.63, 3.8) is 0 Å². The van der Waals surface area contributed by atoms with Crippen LogP contribution >= 0.6 is 23.1 Å². The van der Waals surface area contributed by atoms with Crippen molar-refractivity contribution in [2.75, 3.05) is 11.1 Å². The number of amides is 1. The van der Waals surface area contributed by atoms with E-state index in [0.717, 1.165) is 38.6 Å². The highest BCUT2D eigenvalue weighted by Crippen LogP contribution is 2.32. The highest BCUT2D eigenvalue weighted by Gasteiger charge is 2.20. The van der Waals surface area contributed by atoms with Crippen LogP contribution in [0.25, 0.3) is 37.9 Å². The summed E-state index contributed by atoms with van der Waals surface area (Å²) in [5.41, 5.74) is 4.56. The molecule has 1 N–H and O–H groups in total. The summed E-state index contributed by atoms with van der Waals surface area (Å²) in [5, 5.41) is 12.6. The Balaban J connectivity index is 1.18. The van der Waals surface area contributed by atoms with E-state index in [1.807, 2.05) is 66.7 Å². The van der Waals surface area contributed by atoms with E-state index < -0.39 is 11.6 Å². The Kier molecular flexibility index (Phi) is 7.10. The van der Waals surface area contributed by atoms with Gasteiger partial charge in [0.15, 0.2) is 11.0 Å². The van der Waals surface area contributed by atoms with Crippen molar-refractivity contribution in [1.82, 2.24) is 19.7 Å². The minimum Gasteiger partial charge on any atom is -0.325 e. The first kappa shape index (κ1) is 25.8. The molecule has 0 unspecified atom stereocenters. The number of hydrogen-bond acceptors (Lipinski definition) is 6. The number of rotatable bonds is 7. The van der Waals surface area contributed by atoms with Crippen molar-refractivity contribution in [1.29, 1.82) is 0 Å². The highest BCUT2D eigenvalue weighted by molar-refractivity contribution is 7.99. The zero-order valence-electron chi connectivity index (χ0n) is 21.1. The van der Waals surface area contributed by atoms with Gasteiger partial charge in [-0.3, -0.25) is 9.36 Å². The Hall–Kier alpha value is -4.41. The van der Waals surface area contributed by atoms with Gasteiger partial charge in [-0.25, -0.2) is 13.8 Å². The number of halogens is 2. The summed E-state index contributed by atoms with van der Waals surface area (Å²) in [6.07, 6.45) is 0. The Morgan fingerprint density at radius 3 is 2.50 bits per heavy atom. The summed E-state index contributed by atoms with van der Waals surface area (Å²) in [4.78, 5) is 17.5. The number of hydrogen-bond donors (Lipinski definition) is 1. The third kappa shape index (κ3) is 5.36. The van der Waals surface area contributed by atoms with Gasteiger partial charge in [-0.1, -0.05) is 48.2 Å². The number of aryl methyl sites for hydroxylation is 1. The number of thiazole rings is 1. The molecule has 0 fully saturated rings. The standard InChI is InChI=1S/C30H21F2N5OS2/c1-18-7-13-24-26(15-18)40-29(34-24)20-8-11-22(12-9-20)33-27(38)17-39-30-36-35-28(19-5-3-2-4-6-19)37(30)25-14-10-21(31)16-23(25)32/h2-16H,17H2,1H3,(H,33,38). The van der Waals surface area contributed by atoms with Gasteiger partial charge in [0.05, 0.1) is 21.7 Å². The van der Waals surface area contributed by atoms with E-state index in [9.17, 15) is 13.6 Å². The Morgan fingerprint density at radius 1 is 0.925 bits per heavy atom. The van der Waals surface area contributed by atoms with Crippen molar-refractivity contribution < 1.29 is 13.6 Å². The molecule has 0 bridgehead atoms. The van der Waals surface area contributed by atoms with E-state index >= 15 is 0 Å². The lowest BCUT2D eigenvalue weighted by molar-refractivity contribution is -0.113. The molecular weight excluding hydrogens is 548 g/mol. The number of nitrogens with zero attached hydrogens (tertiary/aromatic N) is 4. The van der Waals surface area contributed by atoms with Crippen LogP contribution in [0.3, 0.4) is 0 Å². The van der Waals surface area contributed by atoms with Crippen molar-refractivity contribution in [3.05, 3.63) is 108 Å². The number of thioether (sulfide) groups is 1. The molecule has 4 aromatic carbocycles. The van der Waals surface area contributed by atoms with E-state index in [-0.39, 0.29) is 17.3 Å². The van der Waals surface area contributed by atoms with Gasteiger partial charge >= 0.3 is 0 Å². The molecule has 10 heteroatoms. The van der Waals surface area contributed by atoms with Gasteiger partial charge < -0.3 is 5.32 Å². The molecule has 1 amide bonds. The third-order valence-electron chi connectivity index (χ3n) is 6.11. The molecule has 0 aliphatic rings. The van der Waals surface area contributed by atoms with Crippen LogP contribution in [0.4, 0.5) is 14.5 Å². The first-order valence-electron chi connectivity index (χ1n) is 12.3. The van der Waals surface area contributed by atoms with Crippen molar-refractivity contribution in [2.24, 2.45) is 0 Å². The third-order valence-corrected chi connectivity index (χ3v) is 8.10. The fourth-order valence-electron chi connectivity index (χ4n) is 4.20. The Morgan fingerprint density at radius 2 is 1.73 bits per heavy atom. The normalized spacial score (nSPS) is 11.2. The fraction of sp³-hybridized carbons (Fsp3) is 0.0667. The summed E-state index contributed by atoms with van der Waals surface area (Å²) >= 11 is 2.74. The predicted molar refractivity (Wildman–Crippen MR) is 156 cm³/mol. The van der Waals surface area contributed by atoms with E-state index in [1.165, 1.54) is 22.3 Å². The second kappa shape index (κ2) is 11.0. The molecule has 0 atom stereocenters. The molecule has 40 heavy (non-hydrogen) atoms. The van der Waals surface area contributed by atoms with Crippen molar-refractivity contribution >= 4 is 44.9 Å². The van der Waals surface area contributed by atoms with Crippen molar-refractivity contribution in [3.8, 4) is 27.6 Å². The van der Waals surface area contributed by atoms with Crippen LogP contribution in [0, 0.1) is 18.6 Å². The van der Waals surface area contributed by atoms with E-state index in [4.69, 9.17) is 4.98 Å². The van der Waals surface area contributed by atoms with E-state index in [1.54, 1.807) is 11.3 Å². The van der Waals surface area contributed by atoms with Crippen LogP contribution in [0.15, 0.2) is 96.2 Å². The largest absolute Gasteiger partial charge is 0.325 e. The van der Waals surface area contributed by atoms with Gasteiger partial charge in [0.25, 0.3) is 0 Å². The zero-order chi connectivity index (χ0) is 27.6. The first-order valence-corrected chi connectivity index (χ1v) is 14.1. The maximum Gasteiger partial charge on any atom is 0.234 e. The summed E-state index contributed by atoms with van der Waals surface area (Å²) in [6, 6.07) is 26.2. The first-order chi connectivity index (χ1) is 19.4. The smallest absolute Gasteiger partial charge is 0.234 e. The molecule has 0 saturated heterocycles. The second-order valence-electron chi connectivity index (χ2n) is 9.01. The average molecular weight is 570 g/mol. The molecule has 6 rings (SSSR count). The summed E-state index contributed by atoms with van der Waals surface area (Å²) < 4.78 is 31.0. The SMILES string of the molecule is Cc1ccc2nc(-c3ccc(NC(=O)CSc4nnc(-c5ccccc5)n4-c4ccc(F)cc4F)cc3)sc2c1. The molecule has 0 aliphatic carbocycles. The van der Waals surface area contributed by atoms with Crippen molar-refractivity contribution in [2.45, 2.75) is 12.1 Å². The highest BCUT2D eigenvalue weighted by atomic mass is 32.2. The topological polar surface area (TPSA) is 72.7 Å². The lowest BCUT2D eigenvalue weighted by atomic mass is 10.2. The van der Waals surface area contributed by atoms with Gasteiger partial charge in [0, 0.05) is 22.9 Å². The van der Waals surface area contributed by atoms with Gasteiger partial charge in [-0.2, -0.15) is 0 Å². The minimum absolute atomic E-state index is 0.00864. The van der Waals surface area contributed by atoms with Crippen LogP contribution in [0.5, 0.6) is 0 Å².